The van der Waals surface area contributed by atoms with Crippen molar-refractivity contribution in [2.75, 3.05) is 0 Å². The van der Waals surface area contributed by atoms with Crippen LogP contribution in [-0.4, -0.2) is 5.11 Å². The molecule has 0 aliphatic carbocycles. The van der Waals surface area contributed by atoms with Gasteiger partial charge in [0.25, 0.3) is 0 Å². The molecule has 0 aromatic heterocycles. The standard InChI is InChI=1S/C7H5BrClIO/c8-7-4(3-11)1-5(10)2-6(7)9/h1-2,11H,3H2. The van der Waals surface area contributed by atoms with E-state index in [1.807, 2.05) is 12.1 Å². The van der Waals surface area contributed by atoms with Gasteiger partial charge in [-0.25, -0.2) is 0 Å². The first kappa shape index (κ1) is 9.77. The lowest BCUT2D eigenvalue weighted by Gasteiger charge is -2.03. The highest BCUT2D eigenvalue weighted by Gasteiger charge is 2.04. The quantitative estimate of drug-likeness (QED) is 0.611. The highest BCUT2D eigenvalue weighted by molar-refractivity contribution is 14.1. The molecule has 0 saturated heterocycles. The molecule has 0 aliphatic heterocycles. The third kappa shape index (κ3) is 2.31. The zero-order valence-electron chi connectivity index (χ0n) is 5.44. The van der Waals surface area contributed by atoms with E-state index in [4.69, 9.17) is 16.7 Å². The van der Waals surface area contributed by atoms with E-state index in [0.29, 0.717) is 5.02 Å². The van der Waals surface area contributed by atoms with Crippen LogP contribution < -0.4 is 0 Å². The van der Waals surface area contributed by atoms with Crippen molar-refractivity contribution in [1.29, 1.82) is 0 Å². The Hall–Kier alpha value is 0.680. The van der Waals surface area contributed by atoms with E-state index in [2.05, 4.69) is 38.5 Å². The predicted octanol–water partition coefficient (Wildman–Crippen LogP) is 3.20. The molecule has 1 aromatic rings. The fourth-order valence-corrected chi connectivity index (χ4v) is 2.19. The molecule has 0 unspecified atom stereocenters. The zero-order valence-corrected chi connectivity index (χ0v) is 9.94. The molecule has 0 amide bonds. The summed E-state index contributed by atoms with van der Waals surface area (Å²) in [6.07, 6.45) is 0. The van der Waals surface area contributed by atoms with Gasteiger partial charge in [-0.15, -0.1) is 0 Å². The molecular formula is C7H5BrClIO. The summed E-state index contributed by atoms with van der Waals surface area (Å²) in [5, 5.41) is 9.52. The van der Waals surface area contributed by atoms with Crippen molar-refractivity contribution >= 4 is 50.1 Å². The van der Waals surface area contributed by atoms with Gasteiger partial charge in [0.15, 0.2) is 0 Å². The van der Waals surface area contributed by atoms with Crippen LogP contribution in [0.15, 0.2) is 16.6 Å². The maximum Gasteiger partial charge on any atom is 0.0693 e. The summed E-state index contributed by atoms with van der Waals surface area (Å²) in [6.45, 7) is 0.0111. The Morgan fingerprint density at radius 1 is 1.55 bits per heavy atom. The van der Waals surface area contributed by atoms with Gasteiger partial charge in [0.2, 0.25) is 0 Å². The van der Waals surface area contributed by atoms with Gasteiger partial charge in [-0.05, 0) is 56.2 Å². The first-order valence-electron chi connectivity index (χ1n) is 2.89. The average molecular weight is 347 g/mol. The summed E-state index contributed by atoms with van der Waals surface area (Å²) >= 11 is 11.3. The Bertz CT molecular complexity index is 277. The first-order valence-corrected chi connectivity index (χ1v) is 5.14. The molecule has 1 rings (SSSR count). The third-order valence-electron chi connectivity index (χ3n) is 1.24. The lowest BCUT2D eigenvalue weighted by Crippen LogP contribution is -1.87. The largest absolute Gasteiger partial charge is 0.392 e. The summed E-state index contributed by atoms with van der Waals surface area (Å²) in [7, 11) is 0. The van der Waals surface area contributed by atoms with E-state index < -0.39 is 0 Å². The van der Waals surface area contributed by atoms with Crippen molar-refractivity contribution in [3.63, 3.8) is 0 Å². The second-order valence-electron chi connectivity index (χ2n) is 2.02. The Kier molecular flexibility index (Phi) is 3.61. The number of rotatable bonds is 1. The number of hydrogen-bond acceptors (Lipinski definition) is 1. The van der Waals surface area contributed by atoms with Gasteiger partial charge < -0.3 is 5.11 Å². The molecule has 0 atom stereocenters. The molecule has 0 heterocycles. The summed E-state index contributed by atoms with van der Waals surface area (Å²) in [4.78, 5) is 0. The predicted molar refractivity (Wildman–Crippen MR) is 57.8 cm³/mol. The Balaban J connectivity index is 3.24. The molecule has 0 aliphatic rings. The van der Waals surface area contributed by atoms with Gasteiger partial charge in [-0.2, -0.15) is 0 Å². The summed E-state index contributed by atoms with van der Waals surface area (Å²) in [6, 6.07) is 3.72. The van der Waals surface area contributed by atoms with Crippen LogP contribution in [0.1, 0.15) is 5.56 Å². The lowest BCUT2D eigenvalue weighted by molar-refractivity contribution is 0.281. The van der Waals surface area contributed by atoms with E-state index in [9.17, 15) is 0 Å². The molecule has 1 N–H and O–H groups in total. The summed E-state index contributed by atoms with van der Waals surface area (Å²) < 4.78 is 1.81. The topological polar surface area (TPSA) is 20.2 Å². The molecule has 0 fully saturated rings. The minimum Gasteiger partial charge on any atom is -0.392 e. The van der Waals surface area contributed by atoms with Gasteiger partial charge in [0.1, 0.15) is 0 Å². The van der Waals surface area contributed by atoms with Gasteiger partial charge in [-0.1, -0.05) is 11.6 Å². The Morgan fingerprint density at radius 2 is 2.18 bits per heavy atom. The number of benzene rings is 1. The van der Waals surface area contributed by atoms with Crippen LogP contribution in [0.3, 0.4) is 0 Å². The van der Waals surface area contributed by atoms with Crippen LogP contribution in [0.5, 0.6) is 0 Å². The van der Waals surface area contributed by atoms with Gasteiger partial charge in [0.05, 0.1) is 11.6 Å². The smallest absolute Gasteiger partial charge is 0.0693 e. The number of halogens is 3. The van der Waals surface area contributed by atoms with Gasteiger partial charge in [-0.3, -0.25) is 0 Å². The van der Waals surface area contributed by atoms with E-state index in [1.165, 1.54) is 0 Å². The fraction of sp³-hybridized carbons (Fsp3) is 0.143. The van der Waals surface area contributed by atoms with Crippen LogP contribution in [0.25, 0.3) is 0 Å². The lowest BCUT2D eigenvalue weighted by atomic mass is 10.2. The van der Waals surface area contributed by atoms with E-state index in [-0.39, 0.29) is 6.61 Å². The monoisotopic (exact) mass is 346 g/mol. The van der Waals surface area contributed by atoms with E-state index in [0.717, 1.165) is 13.6 Å². The normalized spacial score (nSPS) is 10.2. The van der Waals surface area contributed by atoms with Crippen molar-refractivity contribution in [1.82, 2.24) is 0 Å². The molecule has 11 heavy (non-hydrogen) atoms. The van der Waals surface area contributed by atoms with Crippen LogP contribution >= 0.6 is 50.1 Å². The minimum atomic E-state index is 0.0111. The second kappa shape index (κ2) is 4.07. The van der Waals surface area contributed by atoms with E-state index in [1.54, 1.807) is 0 Å². The zero-order chi connectivity index (χ0) is 8.43. The summed E-state index contributed by atoms with van der Waals surface area (Å²) in [5.41, 5.74) is 0.821. The molecule has 0 spiro atoms. The molecule has 1 nitrogen and oxygen atoms in total. The van der Waals surface area contributed by atoms with Gasteiger partial charge >= 0.3 is 0 Å². The molecule has 0 radical (unpaired) electrons. The highest BCUT2D eigenvalue weighted by atomic mass is 127. The van der Waals surface area contributed by atoms with Crippen LogP contribution in [-0.2, 0) is 6.61 Å². The minimum absolute atomic E-state index is 0.0111. The molecule has 4 heteroatoms. The molecule has 60 valence electrons. The second-order valence-corrected chi connectivity index (χ2v) is 4.46. The van der Waals surface area contributed by atoms with Crippen LogP contribution in [0.2, 0.25) is 5.02 Å². The third-order valence-corrected chi connectivity index (χ3v) is 3.32. The van der Waals surface area contributed by atoms with Crippen molar-refractivity contribution in [3.05, 3.63) is 30.8 Å². The van der Waals surface area contributed by atoms with Crippen molar-refractivity contribution < 1.29 is 5.11 Å². The van der Waals surface area contributed by atoms with Gasteiger partial charge in [0, 0.05) is 8.04 Å². The van der Waals surface area contributed by atoms with Crippen molar-refractivity contribution in [2.24, 2.45) is 0 Å². The molecule has 0 bridgehead atoms. The highest BCUT2D eigenvalue weighted by Crippen LogP contribution is 2.28. The number of aliphatic hydroxyl groups is 1. The van der Waals surface area contributed by atoms with Crippen molar-refractivity contribution in [3.8, 4) is 0 Å². The van der Waals surface area contributed by atoms with Crippen LogP contribution in [0, 0.1) is 3.57 Å². The SMILES string of the molecule is OCc1cc(I)cc(Cl)c1Br. The average Bonchev–Trinajstić information content (AvgIpc) is 1.96. The molecule has 1 aromatic carbocycles. The Labute approximate surface area is 92.0 Å². The van der Waals surface area contributed by atoms with E-state index >= 15 is 0 Å². The molecule has 0 saturated carbocycles. The maximum absolute atomic E-state index is 8.88. The number of aliphatic hydroxyl groups excluding tert-OH is 1. The molecular weight excluding hydrogens is 342 g/mol. The maximum atomic E-state index is 8.88. The Morgan fingerprint density at radius 3 is 2.73 bits per heavy atom. The van der Waals surface area contributed by atoms with Crippen molar-refractivity contribution in [2.45, 2.75) is 6.61 Å². The number of hydrogen-bond donors (Lipinski definition) is 1. The van der Waals surface area contributed by atoms with Crippen LogP contribution in [0.4, 0.5) is 0 Å². The summed E-state index contributed by atoms with van der Waals surface area (Å²) in [5.74, 6) is 0. The first-order chi connectivity index (χ1) is 5.15. The fourth-order valence-electron chi connectivity index (χ4n) is 0.724.